The second-order valence-corrected chi connectivity index (χ2v) is 10.7. The first-order chi connectivity index (χ1) is 15.9. The van der Waals surface area contributed by atoms with Crippen molar-refractivity contribution in [3.63, 3.8) is 0 Å². The molecule has 0 aliphatic carbocycles. The maximum Gasteiger partial charge on any atom is 0.244 e. The Kier molecular flexibility index (Phi) is 9.88. The highest BCUT2D eigenvalue weighted by molar-refractivity contribution is 7.92. The number of hydrogen-bond donors (Lipinski definition) is 1. The van der Waals surface area contributed by atoms with Crippen LogP contribution in [0.1, 0.15) is 32.8 Å². The van der Waals surface area contributed by atoms with Crippen molar-refractivity contribution in [3.05, 3.63) is 64.9 Å². The lowest BCUT2D eigenvalue weighted by molar-refractivity contribution is -0.140. The van der Waals surface area contributed by atoms with Gasteiger partial charge in [0.1, 0.15) is 18.4 Å². The van der Waals surface area contributed by atoms with Crippen LogP contribution in [0.25, 0.3) is 0 Å². The number of anilines is 1. The minimum atomic E-state index is -3.88. The van der Waals surface area contributed by atoms with Crippen molar-refractivity contribution in [1.82, 2.24) is 10.2 Å². The van der Waals surface area contributed by atoms with Crippen LogP contribution in [-0.4, -0.2) is 50.5 Å². The SMILES string of the molecule is CCC(C(=O)NCC(C)C)N(Cc1ccccc1Cl)C(=O)CN(c1ccc(F)cc1)S(C)(=O)=O. The fraction of sp³-hybridized carbons (Fsp3) is 0.417. The predicted molar refractivity (Wildman–Crippen MR) is 133 cm³/mol. The molecule has 0 spiro atoms. The monoisotopic (exact) mass is 511 g/mol. The minimum absolute atomic E-state index is 0.0210. The van der Waals surface area contributed by atoms with Crippen LogP contribution in [0.5, 0.6) is 0 Å². The number of carbonyl (C=O) groups is 2. The van der Waals surface area contributed by atoms with Crippen LogP contribution in [0.4, 0.5) is 10.1 Å². The van der Waals surface area contributed by atoms with Crippen LogP contribution in [0.3, 0.4) is 0 Å². The summed E-state index contributed by atoms with van der Waals surface area (Å²) in [6.45, 7) is 5.60. The van der Waals surface area contributed by atoms with Gasteiger partial charge in [-0.3, -0.25) is 13.9 Å². The largest absolute Gasteiger partial charge is 0.354 e. The van der Waals surface area contributed by atoms with E-state index in [0.29, 0.717) is 23.6 Å². The van der Waals surface area contributed by atoms with Gasteiger partial charge in [0, 0.05) is 18.1 Å². The molecule has 0 radical (unpaired) electrons. The molecule has 0 saturated carbocycles. The normalized spacial score (nSPS) is 12.3. The third kappa shape index (κ3) is 7.70. The Hall–Kier alpha value is -2.65. The minimum Gasteiger partial charge on any atom is -0.354 e. The molecular formula is C24H31ClFN3O4S. The lowest BCUT2D eigenvalue weighted by Gasteiger charge is -2.33. The second-order valence-electron chi connectivity index (χ2n) is 8.42. The van der Waals surface area contributed by atoms with E-state index in [1.807, 2.05) is 13.8 Å². The van der Waals surface area contributed by atoms with E-state index in [0.717, 1.165) is 22.7 Å². The molecule has 0 bridgehead atoms. The molecule has 0 saturated heterocycles. The van der Waals surface area contributed by atoms with Gasteiger partial charge in [-0.05, 0) is 48.2 Å². The van der Waals surface area contributed by atoms with E-state index in [9.17, 15) is 22.4 Å². The van der Waals surface area contributed by atoms with Gasteiger partial charge in [0.15, 0.2) is 0 Å². The molecule has 0 heterocycles. The van der Waals surface area contributed by atoms with Crippen LogP contribution < -0.4 is 9.62 Å². The molecule has 2 aromatic carbocycles. The van der Waals surface area contributed by atoms with Crippen molar-refractivity contribution in [3.8, 4) is 0 Å². The number of halogens is 2. The number of nitrogens with one attached hydrogen (secondary N) is 1. The molecule has 0 aliphatic heterocycles. The molecule has 0 aromatic heterocycles. The van der Waals surface area contributed by atoms with Crippen LogP contribution in [0.2, 0.25) is 5.02 Å². The van der Waals surface area contributed by atoms with Gasteiger partial charge in [-0.25, -0.2) is 12.8 Å². The van der Waals surface area contributed by atoms with Crippen molar-refractivity contribution < 1.29 is 22.4 Å². The molecule has 1 unspecified atom stereocenters. The topological polar surface area (TPSA) is 86.8 Å². The molecule has 10 heteroatoms. The molecule has 0 fully saturated rings. The molecule has 2 rings (SSSR count). The van der Waals surface area contributed by atoms with E-state index in [-0.39, 0.29) is 24.1 Å². The van der Waals surface area contributed by atoms with Crippen molar-refractivity contribution in [2.45, 2.75) is 39.8 Å². The molecule has 2 amide bonds. The summed E-state index contributed by atoms with van der Waals surface area (Å²) in [4.78, 5) is 27.8. The van der Waals surface area contributed by atoms with Crippen molar-refractivity contribution in [2.24, 2.45) is 5.92 Å². The summed E-state index contributed by atoms with van der Waals surface area (Å²) in [5, 5.41) is 3.28. The summed E-state index contributed by atoms with van der Waals surface area (Å²) in [6, 6.07) is 10.9. The molecule has 1 N–H and O–H groups in total. The predicted octanol–water partition coefficient (Wildman–Crippen LogP) is 3.82. The second kappa shape index (κ2) is 12.2. The third-order valence-corrected chi connectivity index (χ3v) is 6.67. The van der Waals surface area contributed by atoms with E-state index in [1.165, 1.54) is 17.0 Å². The zero-order valence-corrected chi connectivity index (χ0v) is 21.4. The number of sulfonamides is 1. The maximum atomic E-state index is 13.5. The number of rotatable bonds is 11. The van der Waals surface area contributed by atoms with Gasteiger partial charge in [0.05, 0.1) is 11.9 Å². The zero-order valence-electron chi connectivity index (χ0n) is 19.8. The van der Waals surface area contributed by atoms with Gasteiger partial charge < -0.3 is 10.2 Å². The van der Waals surface area contributed by atoms with Gasteiger partial charge in [0.2, 0.25) is 21.8 Å². The zero-order chi connectivity index (χ0) is 25.5. The van der Waals surface area contributed by atoms with Crippen LogP contribution >= 0.6 is 11.6 Å². The summed E-state index contributed by atoms with van der Waals surface area (Å²) < 4.78 is 39.3. The Balaban J connectivity index is 2.42. The molecule has 2 aromatic rings. The van der Waals surface area contributed by atoms with Gasteiger partial charge in [0.25, 0.3) is 0 Å². The molecular weight excluding hydrogens is 481 g/mol. The van der Waals surface area contributed by atoms with Gasteiger partial charge in [-0.1, -0.05) is 50.6 Å². The summed E-state index contributed by atoms with van der Waals surface area (Å²) in [6.07, 6.45) is 1.28. The standard InChI is InChI=1S/C24H31ClFN3O4S/c1-5-22(24(31)27-14-17(2)3)28(15-18-8-6-7-9-21(18)25)23(30)16-29(34(4,32)33)20-12-10-19(26)11-13-20/h6-13,17,22H,5,14-16H2,1-4H3,(H,27,31). The van der Waals surface area contributed by atoms with E-state index in [2.05, 4.69) is 5.32 Å². The Bertz CT molecular complexity index is 1090. The number of hydrogen-bond acceptors (Lipinski definition) is 4. The number of benzene rings is 2. The Labute approximate surface area is 205 Å². The average Bonchev–Trinajstić information content (AvgIpc) is 2.77. The lowest BCUT2D eigenvalue weighted by atomic mass is 10.1. The van der Waals surface area contributed by atoms with Crippen molar-refractivity contribution in [2.75, 3.05) is 23.7 Å². The van der Waals surface area contributed by atoms with Crippen molar-refractivity contribution in [1.29, 1.82) is 0 Å². The highest BCUT2D eigenvalue weighted by Crippen LogP contribution is 2.22. The lowest BCUT2D eigenvalue weighted by Crippen LogP contribution is -2.52. The third-order valence-electron chi connectivity index (χ3n) is 5.16. The van der Waals surface area contributed by atoms with Crippen LogP contribution in [-0.2, 0) is 26.2 Å². The van der Waals surface area contributed by atoms with Crippen LogP contribution in [0, 0.1) is 11.7 Å². The van der Waals surface area contributed by atoms with E-state index < -0.39 is 34.3 Å². The summed E-state index contributed by atoms with van der Waals surface area (Å²) >= 11 is 6.31. The van der Waals surface area contributed by atoms with Gasteiger partial charge >= 0.3 is 0 Å². The molecule has 7 nitrogen and oxygen atoms in total. The number of nitrogens with zero attached hydrogens (tertiary/aromatic N) is 2. The molecule has 186 valence electrons. The number of amides is 2. The maximum absolute atomic E-state index is 13.5. The van der Waals surface area contributed by atoms with Gasteiger partial charge in [-0.15, -0.1) is 0 Å². The smallest absolute Gasteiger partial charge is 0.244 e. The fourth-order valence-electron chi connectivity index (χ4n) is 3.37. The highest BCUT2D eigenvalue weighted by atomic mass is 35.5. The Morgan fingerprint density at radius 2 is 1.71 bits per heavy atom. The van der Waals surface area contributed by atoms with Gasteiger partial charge in [-0.2, -0.15) is 0 Å². The highest BCUT2D eigenvalue weighted by Gasteiger charge is 2.32. The fourth-order valence-corrected chi connectivity index (χ4v) is 4.42. The number of carbonyl (C=O) groups excluding carboxylic acids is 2. The quantitative estimate of drug-likeness (QED) is 0.497. The van der Waals surface area contributed by atoms with E-state index in [4.69, 9.17) is 11.6 Å². The summed E-state index contributed by atoms with van der Waals surface area (Å²) in [7, 11) is -3.88. The summed E-state index contributed by atoms with van der Waals surface area (Å²) in [5.41, 5.74) is 0.771. The first-order valence-electron chi connectivity index (χ1n) is 11.0. The Morgan fingerprint density at radius 3 is 2.24 bits per heavy atom. The molecule has 1 atom stereocenters. The molecule has 0 aliphatic rings. The first-order valence-corrected chi connectivity index (χ1v) is 13.2. The van der Waals surface area contributed by atoms with Crippen molar-refractivity contribution >= 4 is 39.1 Å². The molecule has 34 heavy (non-hydrogen) atoms. The average molecular weight is 512 g/mol. The van der Waals surface area contributed by atoms with Crippen LogP contribution in [0.15, 0.2) is 48.5 Å². The van der Waals surface area contributed by atoms with E-state index in [1.54, 1.807) is 31.2 Å². The Morgan fingerprint density at radius 1 is 1.09 bits per heavy atom. The summed E-state index contributed by atoms with van der Waals surface area (Å²) in [5.74, 6) is -1.23. The van der Waals surface area contributed by atoms with E-state index >= 15 is 0 Å². The first kappa shape index (κ1) is 27.6.